The quantitative estimate of drug-likeness (QED) is 0.119. The highest BCUT2D eigenvalue weighted by Gasteiger charge is 2.25. The van der Waals surface area contributed by atoms with E-state index in [9.17, 15) is 19.5 Å². The summed E-state index contributed by atoms with van der Waals surface area (Å²) < 4.78 is 5.90. The third-order valence-corrected chi connectivity index (χ3v) is 6.26. The van der Waals surface area contributed by atoms with Gasteiger partial charge in [-0.1, -0.05) is 55.5 Å². The normalized spacial score (nSPS) is 12.6. The van der Waals surface area contributed by atoms with Crippen LogP contribution in [0.15, 0.2) is 97.1 Å². The first-order valence-electron chi connectivity index (χ1n) is 12.4. The number of Topliss-reactive ketones (excluding diaryl/α,β-unsaturated/α-hetero) is 1. The molecule has 4 rings (SSSR count). The Balaban J connectivity index is 1.59. The molecule has 4 aromatic carbocycles. The molecule has 0 aliphatic heterocycles. The van der Waals surface area contributed by atoms with Crippen molar-refractivity contribution in [2.75, 3.05) is 16.4 Å². The molecule has 2 amide bonds. The second-order valence-electron chi connectivity index (χ2n) is 9.10. The number of carbonyl (C=O) groups excluding carboxylic acids is 3. The molecule has 0 saturated heterocycles. The van der Waals surface area contributed by atoms with Crippen molar-refractivity contribution in [3.63, 3.8) is 0 Å². The van der Waals surface area contributed by atoms with E-state index in [2.05, 4.69) is 10.6 Å². The molecule has 0 aromatic heterocycles. The largest absolute Gasteiger partial charge is 0.507 e. The van der Waals surface area contributed by atoms with Crippen LogP contribution in [0.5, 0.6) is 5.75 Å². The molecule has 0 spiro atoms. The standard InChI is InChI=1S/C31H29N3O5/c1-19(11-18-29(37)34-27-10-6-5-9-26(27)32)30(25-16-17-28(36)24-8-4-3-7-23(24)25)39-31(38)33-22-14-12-21(13-15-22)20(2)35/h3-19,30,36H,32H2,1-2H3,(H,33,38)(H,34,37)/b18-11+/t19-,30-/m1/s1. The average Bonchev–Trinajstić information content (AvgIpc) is 2.92. The first kappa shape index (κ1) is 26.9. The lowest BCUT2D eigenvalue weighted by Crippen LogP contribution is -2.22. The molecule has 0 heterocycles. The second-order valence-corrected chi connectivity index (χ2v) is 9.10. The topological polar surface area (TPSA) is 131 Å². The molecule has 0 radical (unpaired) electrons. The molecular formula is C31H29N3O5. The Bertz CT molecular complexity index is 1550. The van der Waals surface area contributed by atoms with Crippen molar-refractivity contribution in [3.8, 4) is 5.75 Å². The molecule has 0 saturated carbocycles. The molecule has 0 fully saturated rings. The van der Waals surface area contributed by atoms with Crippen molar-refractivity contribution in [2.24, 2.45) is 5.92 Å². The van der Waals surface area contributed by atoms with Gasteiger partial charge in [-0.15, -0.1) is 0 Å². The van der Waals surface area contributed by atoms with E-state index in [0.29, 0.717) is 39.0 Å². The number of nitrogen functional groups attached to an aromatic ring is 1. The average molecular weight is 524 g/mol. The molecule has 0 aliphatic rings. The summed E-state index contributed by atoms with van der Waals surface area (Å²) in [4.78, 5) is 37.1. The number of amides is 2. The van der Waals surface area contributed by atoms with Gasteiger partial charge in [0.15, 0.2) is 5.78 Å². The number of ether oxygens (including phenoxy) is 1. The van der Waals surface area contributed by atoms with E-state index in [0.717, 1.165) is 0 Å². The number of benzene rings is 4. The minimum atomic E-state index is -0.808. The first-order valence-corrected chi connectivity index (χ1v) is 12.4. The third kappa shape index (κ3) is 6.61. The third-order valence-electron chi connectivity index (χ3n) is 6.26. The summed E-state index contributed by atoms with van der Waals surface area (Å²) in [6.45, 7) is 3.29. The monoisotopic (exact) mass is 523 g/mol. The van der Waals surface area contributed by atoms with E-state index in [1.807, 2.05) is 25.1 Å². The van der Waals surface area contributed by atoms with Crippen LogP contribution in [-0.4, -0.2) is 22.9 Å². The van der Waals surface area contributed by atoms with Gasteiger partial charge < -0.3 is 20.9 Å². The maximum absolute atomic E-state index is 13.0. The van der Waals surface area contributed by atoms with Gasteiger partial charge in [-0.25, -0.2) is 4.79 Å². The van der Waals surface area contributed by atoms with Gasteiger partial charge in [-0.2, -0.15) is 0 Å². The summed E-state index contributed by atoms with van der Waals surface area (Å²) in [6.07, 6.45) is 1.50. The summed E-state index contributed by atoms with van der Waals surface area (Å²) in [6, 6.07) is 23.9. The fourth-order valence-electron chi connectivity index (χ4n) is 4.18. The van der Waals surface area contributed by atoms with Gasteiger partial charge in [0, 0.05) is 28.1 Å². The van der Waals surface area contributed by atoms with E-state index in [1.165, 1.54) is 13.0 Å². The molecule has 4 aromatic rings. The van der Waals surface area contributed by atoms with Crippen molar-refractivity contribution in [1.29, 1.82) is 0 Å². The number of hydrogen-bond acceptors (Lipinski definition) is 6. The molecular weight excluding hydrogens is 494 g/mol. The Morgan fingerprint density at radius 2 is 1.54 bits per heavy atom. The Morgan fingerprint density at radius 1 is 0.872 bits per heavy atom. The zero-order valence-corrected chi connectivity index (χ0v) is 21.5. The van der Waals surface area contributed by atoms with Gasteiger partial charge >= 0.3 is 6.09 Å². The lowest BCUT2D eigenvalue weighted by molar-refractivity contribution is -0.111. The predicted molar refractivity (Wildman–Crippen MR) is 153 cm³/mol. The van der Waals surface area contributed by atoms with E-state index < -0.39 is 18.1 Å². The van der Waals surface area contributed by atoms with Crippen LogP contribution in [0.25, 0.3) is 10.8 Å². The highest BCUT2D eigenvalue weighted by molar-refractivity contribution is 6.01. The van der Waals surface area contributed by atoms with Gasteiger partial charge in [0.25, 0.3) is 0 Å². The minimum absolute atomic E-state index is 0.0806. The summed E-state index contributed by atoms with van der Waals surface area (Å²) in [5.74, 6) is -0.805. The van der Waals surface area contributed by atoms with Crippen molar-refractivity contribution in [2.45, 2.75) is 20.0 Å². The number of carbonyl (C=O) groups is 3. The van der Waals surface area contributed by atoms with Crippen LogP contribution < -0.4 is 16.4 Å². The van der Waals surface area contributed by atoms with Crippen molar-refractivity contribution < 1.29 is 24.2 Å². The number of nitrogens with one attached hydrogen (secondary N) is 2. The van der Waals surface area contributed by atoms with Crippen LogP contribution >= 0.6 is 0 Å². The van der Waals surface area contributed by atoms with Crippen LogP contribution in [0.2, 0.25) is 0 Å². The first-order chi connectivity index (χ1) is 18.7. The van der Waals surface area contributed by atoms with Gasteiger partial charge in [0.2, 0.25) is 5.91 Å². The van der Waals surface area contributed by atoms with Gasteiger partial charge in [-0.05, 0) is 60.9 Å². The molecule has 198 valence electrons. The Hall–Kier alpha value is -5.11. The maximum Gasteiger partial charge on any atom is 0.412 e. The number of rotatable bonds is 8. The van der Waals surface area contributed by atoms with E-state index in [-0.39, 0.29) is 17.4 Å². The number of aromatic hydroxyl groups is 1. The Kier molecular flexibility index (Phi) is 8.26. The number of fused-ring (bicyclic) bond motifs is 1. The fraction of sp³-hybridized carbons (Fsp3) is 0.129. The van der Waals surface area contributed by atoms with E-state index in [4.69, 9.17) is 10.5 Å². The molecule has 8 heteroatoms. The lowest BCUT2D eigenvalue weighted by Gasteiger charge is -2.24. The van der Waals surface area contributed by atoms with Gasteiger partial charge in [0.1, 0.15) is 11.9 Å². The number of phenols is 1. The molecule has 2 atom stereocenters. The molecule has 0 unspecified atom stereocenters. The number of phenolic OH excluding ortho intramolecular Hbond substituents is 1. The smallest absolute Gasteiger partial charge is 0.412 e. The second kappa shape index (κ2) is 12.0. The lowest BCUT2D eigenvalue weighted by atomic mass is 9.92. The maximum atomic E-state index is 13.0. The predicted octanol–water partition coefficient (Wildman–Crippen LogP) is 6.45. The Morgan fingerprint density at radius 3 is 2.23 bits per heavy atom. The molecule has 39 heavy (non-hydrogen) atoms. The molecule has 0 bridgehead atoms. The summed E-state index contributed by atoms with van der Waals surface area (Å²) >= 11 is 0. The summed E-state index contributed by atoms with van der Waals surface area (Å²) in [5, 5.41) is 17.1. The zero-order valence-electron chi connectivity index (χ0n) is 21.5. The fourth-order valence-corrected chi connectivity index (χ4v) is 4.18. The van der Waals surface area contributed by atoms with Crippen molar-refractivity contribution >= 4 is 45.6 Å². The van der Waals surface area contributed by atoms with Crippen molar-refractivity contribution in [1.82, 2.24) is 0 Å². The summed E-state index contributed by atoms with van der Waals surface area (Å²) in [7, 11) is 0. The molecule has 8 nitrogen and oxygen atoms in total. The van der Waals surface area contributed by atoms with Crippen LogP contribution in [-0.2, 0) is 9.53 Å². The van der Waals surface area contributed by atoms with Crippen LogP contribution in [0.4, 0.5) is 21.9 Å². The van der Waals surface area contributed by atoms with Crippen molar-refractivity contribution in [3.05, 3.63) is 108 Å². The number of hydrogen-bond donors (Lipinski definition) is 4. The SMILES string of the molecule is CC(=O)c1ccc(NC(=O)O[C@@H](c2ccc(O)c3ccccc23)[C@H](C)/C=C/C(=O)Nc2ccccc2N)cc1. The zero-order chi connectivity index (χ0) is 27.9. The number of para-hydroxylation sites is 2. The molecule has 0 aliphatic carbocycles. The highest BCUT2D eigenvalue weighted by atomic mass is 16.6. The number of nitrogens with two attached hydrogens (primary N) is 1. The van der Waals surface area contributed by atoms with Gasteiger partial charge in [-0.3, -0.25) is 14.9 Å². The van der Waals surface area contributed by atoms with E-state index in [1.54, 1.807) is 72.8 Å². The molecule has 5 N–H and O–H groups in total. The van der Waals surface area contributed by atoms with Crippen LogP contribution in [0.3, 0.4) is 0 Å². The highest BCUT2D eigenvalue weighted by Crippen LogP contribution is 2.36. The minimum Gasteiger partial charge on any atom is -0.507 e. The van der Waals surface area contributed by atoms with Gasteiger partial charge in [0.05, 0.1) is 11.4 Å². The van der Waals surface area contributed by atoms with Crippen LogP contribution in [0, 0.1) is 5.92 Å². The summed E-state index contributed by atoms with van der Waals surface area (Å²) in [5.41, 5.74) is 8.50. The number of anilines is 3. The van der Waals surface area contributed by atoms with Crippen LogP contribution in [0.1, 0.15) is 35.9 Å². The van der Waals surface area contributed by atoms with E-state index >= 15 is 0 Å². The number of ketones is 1. The Labute approximate surface area is 226 Å².